The summed E-state index contributed by atoms with van der Waals surface area (Å²) in [6, 6.07) is 0.787. The Balaban J connectivity index is 1.69. The van der Waals surface area contributed by atoms with Gasteiger partial charge in [0.2, 0.25) is 0 Å². The number of hydrogen-bond acceptors (Lipinski definition) is 3. The topological polar surface area (TPSA) is 18.5 Å². The lowest BCUT2D eigenvalue weighted by atomic mass is 9.95. The number of hydrogen-bond donors (Lipinski definition) is 1. The van der Waals surface area contributed by atoms with Crippen molar-refractivity contribution in [2.24, 2.45) is 11.8 Å². The van der Waals surface area contributed by atoms with Gasteiger partial charge >= 0.3 is 0 Å². The summed E-state index contributed by atoms with van der Waals surface area (Å²) in [7, 11) is 4.59. The van der Waals surface area contributed by atoms with Crippen LogP contribution >= 0.6 is 0 Å². The molecule has 20 heavy (non-hydrogen) atoms. The third-order valence-electron chi connectivity index (χ3n) is 5.27. The van der Waals surface area contributed by atoms with E-state index in [1.54, 1.807) is 0 Å². The van der Waals surface area contributed by atoms with Gasteiger partial charge in [-0.25, -0.2) is 0 Å². The Labute approximate surface area is 126 Å². The Morgan fingerprint density at radius 3 is 2.55 bits per heavy atom. The van der Waals surface area contributed by atoms with Gasteiger partial charge in [-0.15, -0.1) is 0 Å². The van der Waals surface area contributed by atoms with Crippen molar-refractivity contribution < 1.29 is 0 Å². The van der Waals surface area contributed by atoms with E-state index in [0.29, 0.717) is 0 Å². The van der Waals surface area contributed by atoms with Crippen molar-refractivity contribution in [2.75, 3.05) is 46.8 Å². The van der Waals surface area contributed by atoms with E-state index < -0.39 is 0 Å². The zero-order valence-electron chi connectivity index (χ0n) is 13.9. The molecular formula is C17H35N3. The largest absolute Gasteiger partial charge is 0.314 e. The van der Waals surface area contributed by atoms with Crippen molar-refractivity contribution in [1.29, 1.82) is 0 Å². The van der Waals surface area contributed by atoms with Crippen molar-refractivity contribution in [3.05, 3.63) is 0 Å². The highest BCUT2D eigenvalue weighted by Crippen LogP contribution is 2.27. The summed E-state index contributed by atoms with van der Waals surface area (Å²) >= 11 is 0. The van der Waals surface area contributed by atoms with Gasteiger partial charge in [0.25, 0.3) is 0 Å². The van der Waals surface area contributed by atoms with Crippen LogP contribution in [-0.2, 0) is 0 Å². The minimum Gasteiger partial charge on any atom is -0.314 e. The van der Waals surface area contributed by atoms with Crippen LogP contribution in [0, 0.1) is 11.8 Å². The predicted octanol–water partition coefficient (Wildman–Crippen LogP) is 2.43. The van der Waals surface area contributed by atoms with Crippen LogP contribution in [-0.4, -0.2) is 62.7 Å². The summed E-state index contributed by atoms with van der Waals surface area (Å²) in [4.78, 5) is 5.09. The summed E-state index contributed by atoms with van der Waals surface area (Å²) in [5, 5.41) is 3.76. The molecule has 1 aliphatic heterocycles. The van der Waals surface area contributed by atoms with Crippen molar-refractivity contribution in [1.82, 2.24) is 15.1 Å². The number of likely N-dealkylation sites (tertiary alicyclic amines) is 1. The van der Waals surface area contributed by atoms with Crippen LogP contribution in [0.2, 0.25) is 0 Å². The molecule has 3 heteroatoms. The molecule has 1 saturated carbocycles. The first-order chi connectivity index (χ1) is 9.69. The zero-order chi connectivity index (χ0) is 14.4. The van der Waals surface area contributed by atoms with Gasteiger partial charge in [0.05, 0.1) is 0 Å². The highest BCUT2D eigenvalue weighted by atomic mass is 15.1. The molecule has 0 amide bonds. The number of rotatable bonds is 7. The van der Waals surface area contributed by atoms with Crippen molar-refractivity contribution in [2.45, 2.75) is 51.5 Å². The molecule has 1 saturated heterocycles. The van der Waals surface area contributed by atoms with Gasteiger partial charge in [-0.2, -0.15) is 0 Å². The molecular weight excluding hydrogens is 246 g/mol. The maximum Gasteiger partial charge on any atom is 0.0107 e. The van der Waals surface area contributed by atoms with Crippen LogP contribution in [0.15, 0.2) is 0 Å². The molecule has 2 atom stereocenters. The van der Waals surface area contributed by atoms with E-state index in [1.807, 2.05) is 0 Å². The highest BCUT2D eigenvalue weighted by molar-refractivity contribution is 4.85. The molecule has 0 aromatic rings. The van der Waals surface area contributed by atoms with Crippen molar-refractivity contribution >= 4 is 0 Å². The van der Waals surface area contributed by atoms with E-state index in [0.717, 1.165) is 17.9 Å². The van der Waals surface area contributed by atoms with Crippen LogP contribution in [0.1, 0.15) is 45.4 Å². The first-order valence-electron chi connectivity index (χ1n) is 8.79. The van der Waals surface area contributed by atoms with Crippen molar-refractivity contribution in [3.8, 4) is 0 Å². The monoisotopic (exact) mass is 281 g/mol. The minimum atomic E-state index is 0.787. The molecule has 1 aliphatic carbocycles. The summed E-state index contributed by atoms with van der Waals surface area (Å²) in [6.45, 7) is 8.66. The summed E-state index contributed by atoms with van der Waals surface area (Å²) in [5.41, 5.74) is 0. The molecule has 0 spiro atoms. The molecule has 118 valence electrons. The van der Waals surface area contributed by atoms with E-state index in [2.05, 4.69) is 36.1 Å². The van der Waals surface area contributed by atoms with Crippen LogP contribution in [0.25, 0.3) is 0 Å². The standard InChI is InChI=1S/C17H35N3/c1-4-10-18-17-7-5-6-16(17)14-20(3)13-15-8-11-19(2)12-9-15/h15-18H,4-14H2,1-3H3. The fourth-order valence-electron chi connectivity index (χ4n) is 4.01. The first-order valence-corrected chi connectivity index (χ1v) is 8.79. The molecule has 2 rings (SSSR count). The average molecular weight is 281 g/mol. The van der Waals surface area contributed by atoms with Crippen LogP contribution in [0.3, 0.4) is 0 Å². The van der Waals surface area contributed by atoms with E-state index in [-0.39, 0.29) is 0 Å². The molecule has 1 N–H and O–H groups in total. The Morgan fingerprint density at radius 1 is 1.10 bits per heavy atom. The minimum absolute atomic E-state index is 0.787. The molecule has 2 aliphatic rings. The molecule has 0 bridgehead atoms. The number of nitrogens with one attached hydrogen (secondary N) is 1. The van der Waals surface area contributed by atoms with Gasteiger partial charge < -0.3 is 15.1 Å². The van der Waals surface area contributed by atoms with E-state index in [9.17, 15) is 0 Å². The third kappa shape index (κ3) is 5.01. The maximum atomic E-state index is 3.76. The van der Waals surface area contributed by atoms with E-state index in [4.69, 9.17) is 0 Å². The van der Waals surface area contributed by atoms with Crippen LogP contribution in [0.4, 0.5) is 0 Å². The van der Waals surface area contributed by atoms with E-state index in [1.165, 1.54) is 71.2 Å². The molecule has 2 fully saturated rings. The normalized spacial score (nSPS) is 29.4. The van der Waals surface area contributed by atoms with Gasteiger partial charge in [0, 0.05) is 19.1 Å². The number of nitrogens with zero attached hydrogens (tertiary/aromatic N) is 2. The van der Waals surface area contributed by atoms with Crippen molar-refractivity contribution in [3.63, 3.8) is 0 Å². The highest BCUT2D eigenvalue weighted by Gasteiger charge is 2.28. The summed E-state index contributed by atoms with van der Waals surface area (Å²) in [5.74, 6) is 1.82. The first kappa shape index (κ1) is 16.3. The maximum absolute atomic E-state index is 3.76. The molecule has 3 nitrogen and oxygen atoms in total. The fourth-order valence-corrected chi connectivity index (χ4v) is 4.01. The van der Waals surface area contributed by atoms with Crippen LogP contribution < -0.4 is 5.32 Å². The lowest BCUT2D eigenvalue weighted by Crippen LogP contribution is -2.41. The second-order valence-corrected chi connectivity index (χ2v) is 7.22. The second kappa shape index (κ2) is 8.35. The molecule has 0 aromatic carbocycles. The Kier molecular flexibility index (Phi) is 6.79. The van der Waals surface area contributed by atoms with Gasteiger partial charge in [0.15, 0.2) is 0 Å². The van der Waals surface area contributed by atoms with Gasteiger partial charge in [-0.3, -0.25) is 0 Å². The fraction of sp³-hybridized carbons (Fsp3) is 1.00. The average Bonchev–Trinajstić information content (AvgIpc) is 2.86. The smallest absolute Gasteiger partial charge is 0.0107 e. The SMILES string of the molecule is CCCNC1CCCC1CN(C)CC1CCN(C)CC1. The lowest BCUT2D eigenvalue weighted by Gasteiger charge is -2.33. The Bertz CT molecular complexity index is 261. The predicted molar refractivity (Wildman–Crippen MR) is 87.1 cm³/mol. The lowest BCUT2D eigenvalue weighted by molar-refractivity contribution is 0.161. The molecule has 2 unspecified atom stereocenters. The molecule has 0 radical (unpaired) electrons. The Morgan fingerprint density at radius 2 is 1.85 bits per heavy atom. The quantitative estimate of drug-likeness (QED) is 0.773. The van der Waals surface area contributed by atoms with Gasteiger partial charge in [0.1, 0.15) is 0 Å². The zero-order valence-corrected chi connectivity index (χ0v) is 13.9. The van der Waals surface area contributed by atoms with E-state index >= 15 is 0 Å². The van der Waals surface area contributed by atoms with Crippen LogP contribution in [0.5, 0.6) is 0 Å². The summed E-state index contributed by atoms with van der Waals surface area (Å²) < 4.78 is 0. The van der Waals surface area contributed by atoms with Gasteiger partial charge in [-0.05, 0) is 77.7 Å². The molecule has 0 aromatic heterocycles. The Hall–Kier alpha value is -0.120. The summed E-state index contributed by atoms with van der Waals surface area (Å²) in [6.07, 6.45) is 8.29. The molecule has 1 heterocycles. The third-order valence-corrected chi connectivity index (χ3v) is 5.27. The number of piperidine rings is 1. The van der Waals surface area contributed by atoms with Gasteiger partial charge in [-0.1, -0.05) is 13.3 Å². The second-order valence-electron chi connectivity index (χ2n) is 7.22.